The van der Waals surface area contributed by atoms with Gasteiger partial charge in [-0.3, -0.25) is 14.9 Å². The summed E-state index contributed by atoms with van der Waals surface area (Å²) in [6.07, 6.45) is 1.61. The Balaban J connectivity index is 2.39. The molecule has 1 N–H and O–H groups in total. The highest BCUT2D eigenvalue weighted by atomic mass is 16.6. The molecule has 0 saturated carbocycles. The second-order valence-electron chi connectivity index (χ2n) is 6.72. The number of likely N-dealkylation sites (tertiary alicyclic amines) is 1. The molecule has 0 radical (unpaired) electrons. The molecule has 1 aromatic carbocycles. The summed E-state index contributed by atoms with van der Waals surface area (Å²) in [6.45, 7) is 6.21. The Hall–Kier alpha value is -1.95. The van der Waals surface area contributed by atoms with Crippen LogP contribution in [0.1, 0.15) is 49.5 Å². The molecular formula is C16H22N2O4. The standard InChI is InChI=1S/C16H22N2O4/c1-16(2,3)13-7-6-11(9-14(13)18(21)22)15(20)17-8-4-5-12(17)10-19/h6-7,9,12,19H,4-5,8,10H2,1-3H3/t12-/m1/s1. The highest BCUT2D eigenvalue weighted by Crippen LogP contribution is 2.32. The predicted octanol–water partition coefficient (Wildman–Crippen LogP) is 2.49. The minimum absolute atomic E-state index is 0.0295. The van der Waals surface area contributed by atoms with Gasteiger partial charge in [-0.25, -0.2) is 0 Å². The van der Waals surface area contributed by atoms with Gasteiger partial charge < -0.3 is 10.0 Å². The van der Waals surface area contributed by atoms with Gasteiger partial charge in [-0.05, 0) is 24.3 Å². The van der Waals surface area contributed by atoms with Gasteiger partial charge >= 0.3 is 0 Å². The Morgan fingerprint density at radius 2 is 2.14 bits per heavy atom. The van der Waals surface area contributed by atoms with Gasteiger partial charge in [0.05, 0.1) is 17.6 Å². The molecule has 1 aliphatic heterocycles. The minimum atomic E-state index is -0.440. The van der Waals surface area contributed by atoms with Crippen molar-refractivity contribution in [2.75, 3.05) is 13.2 Å². The molecule has 1 amide bonds. The largest absolute Gasteiger partial charge is 0.394 e. The maximum Gasteiger partial charge on any atom is 0.273 e. The summed E-state index contributed by atoms with van der Waals surface area (Å²) in [5, 5.41) is 20.6. The molecule has 120 valence electrons. The van der Waals surface area contributed by atoms with Gasteiger partial charge in [-0.2, -0.15) is 0 Å². The smallest absolute Gasteiger partial charge is 0.273 e. The second-order valence-corrected chi connectivity index (χ2v) is 6.72. The first kappa shape index (κ1) is 16.4. The molecule has 22 heavy (non-hydrogen) atoms. The zero-order valence-electron chi connectivity index (χ0n) is 13.2. The molecule has 0 aliphatic carbocycles. The zero-order valence-corrected chi connectivity index (χ0v) is 13.2. The van der Waals surface area contributed by atoms with E-state index in [1.54, 1.807) is 17.0 Å². The van der Waals surface area contributed by atoms with E-state index in [0.717, 1.165) is 12.8 Å². The Morgan fingerprint density at radius 1 is 1.45 bits per heavy atom. The van der Waals surface area contributed by atoms with Crippen LogP contribution in [0.25, 0.3) is 0 Å². The van der Waals surface area contributed by atoms with Crippen molar-refractivity contribution in [3.05, 3.63) is 39.4 Å². The number of nitro groups is 1. The summed E-state index contributed by atoms with van der Waals surface area (Å²) >= 11 is 0. The number of nitrogens with zero attached hydrogens (tertiary/aromatic N) is 2. The van der Waals surface area contributed by atoms with E-state index in [9.17, 15) is 20.0 Å². The maximum absolute atomic E-state index is 12.5. The van der Waals surface area contributed by atoms with Gasteiger partial charge in [-0.1, -0.05) is 26.8 Å². The van der Waals surface area contributed by atoms with Gasteiger partial charge in [0.1, 0.15) is 0 Å². The topological polar surface area (TPSA) is 83.7 Å². The predicted molar refractivity (Wildman–Crippen MR) is 82.9 cm³/mol. The number of carbonyl (C=O) groups is 1. The van der Waals surface area contributed by atoms with E-state index in [2.05, 4.69) is 0 Å². The Kier molecular flexibility index (Phi) is 4.51. The molecular weight excluding hydrogens is 284 g/mol. The van der Waals surface area contributed by atoms with Crippen molar-refractivity contribution in [1.29, 1.82) is 0 Å². The molecule has 1 fully saturated rings. The van der Waals surface area contributed by atoms with E-state index in [1.165, 1.54) is 6.07 Å². The van der Waals surface area contributed by atoms with Crippen LogP contribution in [0.4, 0.5) is 5.69 Å². The summed E-state index contributed by atoms with van der Waals surface area (Å²) in [5.74, 6) is -0.250. The fourth-order valence-electron chi connectivity index (χ4n) is 2.91. The number of hydrogen-bond acceptors (Lipinski definition) is 4. The van der Waals surface area contributed by atoms with Crippen LogP contribution in [-0.4, -0.2) is 40.0 Å². The molecule has 0 unspecified atom stereocenters. The maximum atomic E-state index is 12.5. The number of nitro benzene ring substituents is 1. The fourth-order valence-corrected chi connectivity index (χ4v) is 2.91. The molecule has 0 spiro atoms. The van der Waals surface area contributed by atoms with Crippen molar-refractivity contribution in [1.82, 2.24) is 4.90 Å². The summed E-state index contributed by atoms with van der Waals surface area (Å²) in [5.41, 5.74) is 0.512. The third kappa shape index (κ3) is 3.11. The molecule has 1 aromatic rings. The Morgan fingerprint density at radius 3 is 2.68 bits per heavy atom. The molecule has 2 rings (SSSR count). The van der Waals surface area contributed by atoms with Crippen LogP contribution < -0.4 is 0 Å². The lowest BCUT2D eigenvalue weighted by molar-refractivity contribution is -0.386. The first-order valence-electron chi connectivity index (χ1n) is 7.46. The van der Waals surface area contributed by atoms with E-state index < -0.39 is 4.92 Å². The van der Waals surface area contributed by atoms with E-state index in [-0.39, 0.29) is 29.7 Å². The lowest BCUT2D eigenvalue weighted by Crippen LogP contribution is -2.37. The first-order valence-corrected chi connectivity index (χ1v) is 7.46. The minimum Gasteiger partial charge on any atom is -0.394 e. The van der Waals surface area contributed by atoms with E-state index in [0.29, 0.717) is 17.7 Å². The summed E-state index contributed by atoms with van der Waals surface area (Å²) in [6, 6.07) is 4.47. The van der Waals surface area contributed by atoms with Crippen molar-refractivity contribution in [3.8, 4) is 0 Å². The summed E-state index contributed by atoms with van der Waals surface area (Å²) < 4.78 is 0. The number of benzene rings is 1. The van der Waals surface area contributed by atoms with Crippen LogP contribution in [-0.2, 0) is 5.41 Å². The average Bonchev–Trinajstić information content (AvgIpc) is 2.93. The number of hydrogen-bond donors (Lipinski definition) is 1. The second kappa shape index (κ2) is 6.04. The van der Waals surface area contributed by atoms with Crippen molar-refractivity contribution < 1.29 is 14.8 Å². The van der Waals surface area contributed by atoms with Crippen molar-refractivity contribution >= 4 is 11.6 Å². The molecule has 1 heterocycles. The van der Waals surface area contributed by atoms with Crippen LogP contribution in [0, 0.1) is 10.1 Å². The Bertz CT molecular complexity index is 592. The van der Waals surface area contributed by atoms with E-state index in [4.69, 9.17) is 0 Å². The van der Waals surface area contributed by atoms with Crippen molar-refractivity contribution in [3.63, 3.8) is 0 Å². The van der Waals surface area contributed by atoms with Gasteiger partial charge in [0.15, 0.2) is 0 Å². The zero-order chi connectivity index (χ0) is 16.5. The number of rotatable bonds is 3. The monoisotopic (exact) mass is 306 g/mol. The SMILES string of the molecule is CC(C)(C)c1ccc(C(=O)N2CCC[C@@H]2CO)cc1[N+](=O)[O-]. The number of aliphatic hydroxyl groups excluding tert-OH is 1. The lowest BCUT2D eigenvalue weighted by atomic mass is 9.85. The molecule has 1 atom stereocenters. The highest BCUT2D eigenvalue weighted by molar-refractivity contribution is 5.95. The Labute approximate surface area is 129 Å². The molecule has 1 aliphatic rings. The van der Waals surface area contributed by atoms with Gasteiger partial charge in [-0.15, -0.1) is 0 Å². The molecule has 0 bridgehead atoms. The quantitative estimate of drug-likeness (QED) is 0.687. The third-order valence-corrected chi connectivity index (χ3v) is 4.10. The summed E-state index contributed by atoms with van der Waals surface area (Å²) in [7, 11) is 0. The molecule has 6 nitrogen and oxygen atoms in total. The van der Waals surface area contributed by atoms with Gasteiger partial charge in [0.25, 0.3) is 11.6 Å². The van der Waals surface area contributed by atoms with E-state index in [1.807, 2.05) is 20.8 Å². The van der Waals surface area contributed by atoms with Crippen LogP contribution >= 0.6 is 0 Å². The van der Waals surface area contributed by atoms with Crippen LogP contribution in [0.15, 0.2) is 18.2 Å². The van der Waals surface area contributed by atoms with E-state index >= 15 is 0 Å². The van der Waals surface area contributed by atoms with Crippen LogP contribution in [0.2, 0.25) is 0 Å². The van der Waals surface area contributed by atoms with Crippen LogP contribution in [0.3, 0.4) is 0 Å². The molecule has 0 aromatic heterocycles. The van der Waals surface area contributed by atoms with Gasteiger partial charge in [0.2, 0.25) is 0 Å². The number of aliphatic hydroxyl groups is 1. The van der Waals surface area contributed by atoms with Crippen LogP contribution in [0.5, 0.6) is 0 Å². The normalized spacial score (nSPS) is 18.5. The first-order chi connectivity index (χ1) is 10.3. The highest BCUT2D eigenvalue weighted by Gasteiger charge is 2.31. The van der Waals surface area contributed by atoms with Crippen molar-refractivity contribution in [2.24, 2.45) is 0 Å². The third-order valence-electron chi connectivity index (χ3n) is 4.10. The molecule has 1 saturated heterocycles. The number of carbonyl (C=O) groups excluding carboxylic acids is 1. The average molecular weight is 306 g/mol. The summed E-state index contributed by atoms with van der Waals surface area (Å²) in [4.78, 5) is 25.0. The van der Waals surface area contributed by atoms with Crippen molar-refractivity contribution in [2.45, 2.75) is 45.1 Å². The van der Waals surface area contributed by atoms with Gasteiger partial charge in [0, 0.05) is 23.7 Å². The fraction of sp³-hybridized carbons (Fsp3) is 0.562. The number of amides is 1. The molecule has 6 heteroatoms. The lowest BCUT2D eigenvalue weighted by Gasteiger charge is -2.24.